The molecule has 0 saturated carbocycles. The summed E-state index contributed by atoms with van der Waals surface area (Å²) in [4.78, 5) is 15.8. The smallest absolute Gasteiger partial charge is 0.268 e. The van der Waals surface area contributed by atoms with Crippen molar-refractivity contribution in [1.29, 1.82) is 0 Å². The topological polar surface area (TPSA) is 34.9 Å². The van der Waals surface area contributed by atoms with E-state index in [0.717, 1.165) is 10.0 Å². The third kappa shape index (κ3) is 3.08. The first kappa shape index (κ1) is 13.0. The third-order valence-electron chi connectivity index (χ3n) is 2.21. The summed E-state index contributed by atoms with van der Waals surface area (Å²) < 4.78 is 3.00. The van der Waals surface area contributed by atoms with E-state index in [1.165, 1.54) is 10.9 Å². The van der Waals surface area contributed by atoms with E-state index in [-0.39, 0.29) is 10.7 Å². The van der Waals surface area contributed by atoms with Crippen molar-refractivity contribution in [3.8, 4) is 0 Å². The zero-order valence-electron chi connectivity index (χ0n) is 8.53. The average Bonchev–Trinajstić information content (AvgIpc) is 2.33. The summed E-state index contributed by atoms with van der Waals surface area (Å²) in [7, 11) is 0. The molecule has 0 spiro atoms. The number of nitrogens with zero attached hydrogens (tertiary/aromatic N) is 2. The maximum atomic E-state index is 11.9. The van der Waals surface area contributed by atoms with Gasteiger partial charge in [-0.15, -0.1) is 0 Å². The second kappa shape index (κ2) is 5.49. The Bertz CT molecular complexity index is 597. The van der Waals surface area contributed by atoms with Crippen molar-refractivity contribution in [2.45, 2.75) is 6.54 Å². The Balaban J connectivity index is 2.34. The normalized spacial score (nSPS) is 10.5. The fourth-order valence-electron chi connectivity index (χ4n) is 1.34. The molecule has 6 heteroatoms. The van der Waals surface area contributed by atoms with Crippen LogP contribution >= 0.6 is 50.1 Å². The van der Waals surface area contributed by atoms with Gasteiger partial charge in [-0.05, 0) is 40.3 Å². The predicted octanol–water partition coefficient (Wildman–Crippen LogP) is 3.31. The van der Waals surface area contributed by atoms with Gasteiger partial charge in [0.1, 0.15) is 8.72 Å². The van der Waals surface area contributed by atoms with Crippen LogP contribution in [0.5, 0.6) is 0 Å². The third-order valence-corrected chi connectivity index (χ3v) is 4.31. The molecule has 0 radical (unpaired) electrons. The standard InChI is InChI=1S/C11H7BrClIN2O/c12-8-3-1-7(2-4-8)5-16-6-15-10(13)9(14)11(16)17/h1-4,6H,5H2. The molecule has 0 saturated heterocycles. The van der Waals surface area contributed by atoms with Gasteiger partial charge in [-0.1, -0.05) is 39.7 Å². The number of hydrogen-bond acceptors (Lipinski definition) is 2. The summed E-state index contributed by atoms with van der Waals surface area (Å²) in [5.41, 5.74) is 0.920. The number of aromatic nitrogens is 2. The zero-order valence-corrected chi connectivity index (χ0v) is 13.0. The van der Waals surface area contributed by atoms with Crippen LogP contribution in [0.15, 0.2) is 39.9 Å². The molecule has 0 fully saturated rings. The highest BCUT2D eigenvalue weighted by Gasteiger charge is 2.06. The van der Waals surface area contributed by atoms with Crippen LogP contribution in [0.3, 0.4) is 0 Å². The SMILES string of the molecule is O=c1c(I)c(Cl)ncn1Cc1ccc(Br)cc1. The van der Waals surface area contributed by atoms with Crippen molar-refractivity contribution < 1.29 is 0 Å². The van der Waals surface area contributed by atoms with Crippen LogP contribution in [-0.2, 0) is 6.54 Å². The predicted molar refractivity (Wildman–Crippen MR) is 79.5 cm³/mol. The molecule has 2 aromatic rings. The molecule has 3 nitrogen and oxygen atoms in total. The number of rotatable bonds is 2. The molecule has 0 N–H and O–H groups in total. The van der Waals surface area contributed by atoms with Crippen LogP contribution in [-0.4, -0.2) is 9.55 Å². The van der Waals surface area contributed by atoms with Gasteiger partial charge in [0, 0.05) is 4.47 Å². The number of halogens is 3. The first-order valence-corrected chi connectivity index (χ1v) is 6.98. The summed E-state index contributed by atoms with van der Waals surface area (Å²) in [6.45, 7) is 0.492. The quantitative estimate of drug-likeness (QED) is 0.547. The molecule has 1 heterocycles. The maximum Gasteiger partial charge on any atom is 0.268 e. The van der Waals surface area contributed by atoms with Crippen molar-refractivity contribution in [2.75, 3.05) is 0 Å². The van der Waals surface area contributed by atoms with E-state index in [0.29, 0.717) is 10.1 Å². The molecule has 2 rings (SSSR count). The van der Waals surface area contributed by atoms with Crippen LogP contribution in [0, 0.1) is 3.57 Å². The molecule has 88 valence electrons. The lowest BCUT2D eigenvalue weighted by Crippen LogP contribution is -2.23. The first-order chi connectivity index (χ1) is 8.08. The van der Waals surface area contributed by atoms with E-state index >= 15 is 0 Å². The lowest BCUT2D eigenvalue weighted by Gasteiger charge is -2.06. The highest BCUT2D eigenvalue weighted by molar-refractivity contribution is 14.1. The minimum atomic E-state index is -0.117. The van der Waals surface area contributed by atoms with E-state index in [4.69, 9.17) is 11.6 Å². The minimum Gasteiger partial charge on any atom is -0.294 e. The van der Waals surface area contributed by atoms with Gasteiger partial charge < -0.3 is 0 Å². The van der Waals surface area contributed by atoms with Crippen molar-refractivity contribution in [2.24, 2.45) is 0 Å². The molecule has 17 heavy (non-hydrogen) atoms. The van der Waals surface area contributed by atoms with Gasteiger partial charge in [-0.25, -0.2) is 4.98 Å². The first-order valence-electron chi connectivity index (χ1n) is 4.73. The Morgan fingerprint density at radius 2 is 2.00 bits per heavy atom. The second-order valence-corrected chi connectivity index (χ2v) is 5.76. The van der Waals surface area contributed by atoms with Crippen molar-refractivity contribution in [1.82, 2.24) is 9.55 Å². The lowest BCUT2D eigenvalue weighted by molar-refractivity contribution is 0.730. The fourth-order valence-corrected chi connectivity index (χ4v) is 2.18. The van der Waals surface area contributed by atoms with Gasteiger partial charge >= 0.3 is 0 Å². The minimum absolute atomic E-state index is 0.117. The summed E-state index contributed by atoms with van der Waals surface area (Å²) in [6, 6.07) is 7.79. The largest absolute Gasteiger partial charge is 0.294 e. The van der Waals surface area contributed by atoms with E-state index < -0.39 is 0 Å². The summed E-state index contributed by atoms with van der Waals surface area (Å²) in [6.07, 6.45) is 1.47. The Morgan fingerprint density at radius 3 is 2.65 bits per heavy atom. The maximum absolute atomic E-state index is 11.9. The molecule has 0 amide bonds. The number of hydrogen-bond donors (Lipinski definition) is 0. The van der Waals surface area contributed by atoms with E-state index in [2.05, 4.69) is 20.9 Å². The highest BCUT2D eigenvalue weighted by atomic mass is 127. The van der Waals surface area contributed by atoms with Crippen molar-refractivity contribution in [3.63, 3.8) is 0 Å². The van der Waals surface area contributed by atoms with Crippen molar-refractivity contribution in [3.05, 3.63) is 59.7 Å². The molecule has 0 aliphatic rings. The van der Waals surface area contributed by atoms with Crippen LogP contribution in [0.25, 0.3) is 0 Å². The summed E-state index contributed by atoms with van der Waals surface area (Å²) >= 11 is 11.0. The Hall–Kier alpha value is -0.400. The van der Waals surface area contributed by atoms with Gasteiger partial charge in [0.25, 0.3) is 5.56 Å². The molecule has 0 unspecified atom stereocenters. The lowest BCUT2D eigenvalue weighted by atomic mass is 10.2. The molecule has 0 bridgehead atoms. The van der Waals surface area contributed by atoms with E-state index in [1.807, 2.05) is 46.9 Å². The van der Waals surface area contributed by atoms with Crippen LogP contribution in [0.4, 0.5) is 0 Å². The average molecular weight is 425 g/mol. The molecule has 1 aromatic heterocycles. The molecular formula is C11H7BrClIN2O. The molecule has 0 atom stereocenters. The molecule has 0 aliphatic carbocycles. The second-order valence-electron chi connectivity index (χ2n) is 3.41. The van der Waals surface area contributed by atoms with Gasteiger partial charge in [0.2, 0.25) is 0 Å². The van der Waals surface area contributed by atoms with Crippen LogP contribution < -0.4 is 5.56 Å². The van der Waals surface area contributed by atoms with Gasteiger partial charge in [0.15, 0.2) is 0 Å². The van der Waals surface area contributed by atoms with Crippen LogP contribution in [0.2, 0.25) is 5.15 Å². The summed E-state index contributed by atoms with van der Waals surface area (Å²) in [5, 5.41) is 0.252. The Labute approximate surface area is 125 Å². The summed E-state index contributed by atoms with van der Waals surface area (Å²) in [5.74, 6) is 0. The Morgan fingerprint density at radius 1 is 1.35 bits per heavy atom. The zero-order chi connectivity index (χ0) is 12.4. The van der Waals surface area contributed by atoms with Crippen molar-refractivity contribution >= 4 is 50.1 Å². The van der Waals surface area contributed by atoms with Gasteiger partial charge in [0.05, 0.1) is 12.9 Å². The number of benzene rings is 1. The van der Waals surface area contributed by atoms with E-state index in [1.54, 1.807) is 0 Å². The van der Waals surface area contributed by atoms with Gasteiger partial charge in [-0.2, -0.15) is 0 Å². The Kier molecular flexibility index (Phi) is 4.22. The van der Waals surface area contributed by atoms with Gasteiger partial charge in [-0.3, -0.25) is 9.36 Å². The molecule has 0 aliphatic heterocycles. The van der Waals surface area contributed by atoms with E-state index in [9.17, 15) is 4.79 Å². The monoisotopic (exact) mass is 424 g/mol. The molecule has 1 aromatic carbocycles. The highest BCUT2D eigenvalue weighted by Crippen LogP contribution is 2.12. The molecular weight excluding hydrogens is 418 g/mol. The van der Waals surface area contributed by atoms with Crippen LogP contribution in [0.1, 0.15) is 5.56 Å². The fraction of sp³-hybridized carbons (Fsp3) is 0.0909.